The second-order valence-corrected chi connectivity index (χ2v) is 7.02. The minimum absolute atomic E-state index is 0.0112. The summed E-state index contributed by atoms with van der Waals surface area (Å²) in [6.07, 6.45) is 3.68. The topological polar surface area (TPSA) is 96.2 Å². The van der Waals surface area contributed by atoms with E-state index in [0.717, 1.165) is 0 Å². The van der Waals surface area contributed by atoms with Crippen LogP contribution in [0.1, 0.15) is 41.3 Å². The number of carbonyl (C=O) groups excluding carboxylic acids is 1. The molecule has 1 atom stereocenters. The molecule has 0 spiro atoms. The van der Waals surface area contributed by atoms with Crippen LogP contribution in [-0.2, 0) is 0 Å². The van der Waals surface area contributed by atoms with Gasteiger partial charge in [-0.2, -0.15) is 0 Å². The van der Waals surface area contributed by atoms with E-state index in [1.165, 1.54) is 24.3 Å². The zero-order valence-corrected chi connectivity index (χ0v) is 14.3. The summed E-state index contributed by atoms with van der Waals surface area (Å²) in [6.45, 7) is 3.79. The van der Waals surface area contributed by atoms with Crippen LogP contribution in [0, 0.1) is 0 Å². The van der Waals surface area contributed by atoms with Gasteiger partial charge in [-0.05, 0) is 32.1 Å². The number of ether oxygens (including phenoxy) is 2. The van der Waals surface area contributed by atoms with Crippen molar-refractivity contribution in [3.05, 3.63) is 47.0 Å². The highest BCUT2D eigenvalue weighted by atomic mass is 16.5. The molecule has 0 aliphatic carbocycles. The Labute approximate surface area is 149 Å². The van der Waals surface area contributed by atoms with Crippen molar-refractivity contribution in [3.8, 4) is 28.7 Å². The highest BCUT2D eigenvalue weighted by molar-refractivity contribution is 6.08. The van der Waals surface area contributed by atoms with Gasteiger partial charge in [-0.25, -0.2) is 0 Å². The molecule has 0 radical (unpaired) electrons. The van der Waals surface area contributed by atoms with Crippen LogP contribution in [0.3, 0.4) is 0 Å². The molecule has 0 fully saturated rings. The van der Waals surface area contributed by atoms with Crippen molar-refractivity contribution in [3.63, 3.8) is 0 Å². The number of Topliss-reactive ketones (excluding diaryl/α,β-unsaturated/α-hetero) is 1. The Hall–Kier alpha value is -3.15. The average Bonchev–Trinajstić information content (AvgIpc) is 2.54. The first-order valence-electron chi connectivity index (χ1n) is 8.24. The number of carbonyl (C=O) groups is 1. The molecular weight excluding hydrogens is 336 g/mol. The number of aromatic hydroxyl groups is 3. The van der Waals surface area contributed by atoms with E-state index in [-0.39, 0.29) is 41.0 Å². The molecule has 0 saturated heterocycles. The SMILES string of the molecule is CC1(C)C=Cc2c(cc(O)c3c2OCC(c2ccc(O)cc2O)C3=O)O1. The van der Waals surface area contributed by atoms with Gasteiger partial charge in [0.25, 0.3) is 0 Å². The molecule has 2 heterocycles. The van der Waals surface area contributed by atoms with Gasteiger partial charge in [0.15, 0.2) is 5.78 Å². The van der Waals surface area contributed by atoms with Crippen LogP contribution in [-0.4, -0.2) is 33.3 Å². The fourth-order valence-corrected chi connectivity index (χ4v) is 3.34. The third-order valence-electron chi connectivity index (χ3n) is 4.63. The highest BCUT2D eigenvalue weighted by Crippen LogP contribution is 2.48. The fraction of sp³-hybridized carbons (Fsp3) is 0.250. The van der Waals surface area contributed by atoms with Crippen LogP contribution in [0.25, 0.3) is 6.08 Å². The first-order chi connectivity index (χ1) is 12.3. The largest absolute Gasteiger partial charge is 0.508 e. The number of phenolic OH excluding ortho intramolecular Hbond substituents is 3. The Bertz CT molecular complexity index is 957. The lowest BCUT2D eigenvalue weighted by Crippen LogP contribution is -2.30. The highest BCUT2D eigenvalue weighted by Gasteiger charge is 2.37. The predicted octanol–water partition coefficient (Wildman–Crippen LogP) is 3.35. The first-order valence-corrected chi connectivity index (χ1v) is 8.24. The lowest BCUT2D eigenvalue weighted by molar-refractivity contribution is 0.0888. The molecule has 2 aromatic carbocycles. The lowest BCUT2D eigenvalue weighted by Gasteiger charge is -2.32. The quantitative estimate of drug-likeness (QED) is 0.727. The van der Waals surface area contributed by atoms with E-state index in [0.29, 0.717) is 16.9 Å². The monoisotopic (exact) mass is 354 g/mol. The zero-order valence-electron chi connectivity index (χ0n) is 14.3. The second-order valence-electron chi connectivity index (χ2n) is 7.02. The molecule has 134 valence electrons. The minimum atomic E-state index is -0.781. The Kier molecular flexibility index (Phi) is 3.41. The molecule has 4 rings (SSSR count). The molecule has 6 nitrogen and oxygen atoms in total. The van der Waals surface area contributed by atoms with E-state index in [1.807, 2.05) is 26.0 Å². The van der Waals surface area contributed by atoms with Gasteiger partial charge in [0.1, 0.15) is 46.5 Å². The number of fused-ring (bicyclic) bond motifs is 3. The van der Waals surface area contributed by atoms with E-state index >= 15 is 0 Å². The first kappa shape index (κ1) is 16.3. The van der Waals surface area contributed by atoms with Gasteiger partial charge in [-0.15, -0.1) is 0 Å². The summed E-state index contributed by atoms with van der Waals surface area (Å²) < 4.78 is 11.6. The summed E-state index contributed by atoms with van der Waals surface area (Å²) in [6, 6.07) is 5.45. The Morgan fingerprint density at radius 1 is 1.12 bits per heavy atom. The molecule has 26 heavy (non-hydrogen) atoms. The van der Waals surface area contributed by atoms with Crippen LogP contribution < -0.4 is 9.47 Å². The van der Waals surface area contributed by atoms with Crippen molar-refractivity contribution in [2.75, 3.05) is 6.61 Å². The van der Waals surface area contributed by atoms with E-state index in [4.69, 9.17) is 9.47 Å². The van der Waals surface area contributed by atoms with Crippen molar-refractivity contribution in [1.82, 2.24) is 0 Å². The molecule has 1 unspecified atom stereocenters. The molecule has 0 bridgehead atoms. The van der Waals surface area contributed by atoms with Gasteiger partial charge in [0.05, 0.1) is 11.5 Å². The number of ketones is 1. The van der Waals surface area contributed by atoms with Gasteiger partial charge in [-0.3, -0.25) is 4.79 Å². The number of hydrogen-bond donors (Lipinski definition) is 3. The Morgan fingerprint density at radius 2 is 1.88 bits per heavy atom. The van der Waals surface area contributed by atoms with Crippen LogP contribution >= 0.6 is 0 Å². The summed E-state index contributed by atoms with van der Waals surface area (Å²) in [5.74, 6) is -0.921. The van der Waals surface area contributed by atoms with Gasteiger partial charge in [-0.1, -0.05) is 6.07 Å². The number of phenols is 3. The molecule has 2 aromatic rings. The van der Waals surface area contributed by atoms with Crippen LogP contribution in [0.2, 0.25) is 0 Å². The predicted molar refractivity (Wildman–Crippen MR) is 94.2 cm³/mol. The Morgan fingerprint density at radius 3 is 2.62 bits per heavy atom. The number of benzene rings is 2. The number of hydrogen-bond acceptors (Lipinski definition) is 6. The maximum atomic E-state index is 13.0. The van der Waals surface area contributed by atoms with Crippen molar-refractivity contribution >= 4 is 11.9 Å². The summed E-state index contributed by atoms with van der Waals surface area (Å²) in [7, 11) is 0. The molecule has 2 aliphatic heterocycles. The van der Waals surface area contributed by atoms with Gasteiger partial charge < -0.3 is 24.8 Å². The maximum Gasteiger partial charge on any atom is 0.181 e. The summed E-state index contributed by atoms with van der Waals surface area (Å²) in [5.41, 5.74) is 0.495. The maximum absolute atomic E-state index is 13.0. The van der Waals surface area contributed by atoms with Crippen LogP contribution in [0.5, 0.6) is 28.7 Å². The minimum Gasteiger partial charge on any atom is -0.508 e. The third-order valence-corrected chi connectivity index (χ3v) is 4.63. The van der Waals surface area contributed by atoms with E-state index in [9.17, 15) is 20.1 Å². The molecule has 0 amide bonds. The lowest BCUT2D eigenvalue weighted by atomic mass is 9.86. The van der Waals surface area contributed by atoms with Crippen LogP contribution in [0.4, 0.5) is 0 Å². The Balaban J connectivity index is 1.81. The summed E-state index contributed by atoms with van der Waals surface area (Å²) in [5, 5.41) is 29.9. The van der Waals surface area contributed by atoms with Crippen molar-refractivity contribution in [1.29, 1.82) is 0 Å². The van der Waals surface area contributed by atoms with Gasteiger partial charge in [0, 0.05) is 17.7 Å². The normalized spacial score (nSPS) is 19.9. The van der Waals surface area contributed by atoms with Crippen molar-refractivity contribution < 1.29 is 29.6 Å². The molecular formula is C20H18O6. The van der Waals surface area contributed by atoms with E-state index in [2.05, 4.69) is 0 Å². The number of rotatable bonds is 1. The molecule has 0 aromatic heterocycles. The zero-order chi connectivity index (χ0) is 18.6. The standard InChI is InChI=1S/C20H18O6/c1-20(2)6-5-12-16(26-20)8-15(23)17-18(24)13(9-25-19(12)17)11-4-3-10(21)7-14(11)22/h3-8,13,21-23H,9H2,1-2H3. The van der Waals surface area contributed by atoms with Crippen LogP contribution in [0.15, 0.2) is 30.3 Å². The second kappa shape index (κ2) is 5.42. The molecule has 3 N–H and O–H groups in total. The van der Waals surface area contributed by atoms with Crippen molar-refractivity contribution in [2.24, 2.45) is 0 Å². The summed E-state index contributed by atoms with van der Waals surface area (Å²) in [4.78, 5) is 13.0. The molecule has 2 aliphatic rings. The summed E-state index contributed by atoms with van der Waals surface area (Å²) >= 11 is 0. The molecule has 0 saturated carbocycles. The smallest absolute Gasteiger partial charge is 0.181 e. The van der Waals surface area contributed by atoms with E-state index in [1.54, 1.807) is 0 Å². The molecule has 6 heteroatoms. The third kappa shape index (κ3) is 2.45. The average molecular weight is 354 g/mol. The van der Waals surface area contributed by atoms with Gasteiger partial charge in [0.2, 0.25) is 0 Å². The fourth-order valence-electron chi connectivity index (χ4n) is 3.34. The van der Waals surface area contributed by atoms with Crippen molar-refractivity contribution in [2.45, 2.75) is 25.4 Å². The van der Waals surface area contributed by atoms with Gasteiger partial charge >= 0.3 is 0 Å². The van der Waals surface area contributed by atoms with E-state index < -0.39 is 11.5 Å².